The van der Waals surface area contributed by atoms with E-state index in [2.05, 4.69) is 0 Å². The fourth-order valence-corrected chi connectivity index (χ4v) is 1.87. The summed E-state index contributed by atoms with van der Waals surface area (Å²) in [7, 11) is 10.9. The number of rotatable bonds is 3. The largest absolute Gasteiger partial charge is 0.725 e. The number of hydrogen-bond donors (Lipinski definition) is 0. The Labute approximate surface area is 63.1 Å². The van der Waals surface area contributed by atoms with Crippen molar-refractivity contribution in [3.8, 4) is 0 Å². The van der Waals surface area contributed by atoms with Crippen molar-refractivity contribution in [1.82, 2.24) is 0 Å². The zero-order chi connectivity index (χ0) is 6.57. The molecule has 0 heterocycles. The topological polar surface area (TPSA) is 9.23 Å². The molecule has 0 saturated carbocycles. The van der Waals surface area contributed by atoms with E-state index >= 15 is 0 Å². The van der Waals surface area contributed by atoms with Gasteiger partial charge in [-0.2, -0.15) is 20.1 Å². The molecule has 8 heavy (non-hydrogen) atoms. The summed E-state index contributed by atoms with van der Waals surface area (Å²) >= 11 is -1.80. The maximum Gasteiger partial charge on any atom is 0.725 e. The van der Waals surface area contributed by atoms with Gasteiger partial charge in [0.2, 0.25) is 0 Å². The minimum absolute atomic E-state index is 0.224. The Morgan fingerprint density at radius 1 is 1.62 bits per heavy atom. The number of halogens is 2. The van der Waals surface area contributed by atoms with Crippen molar-refractivity contribution in [1.29, 1.82) is 0 Å². The van der Waals surface area contributed by atoms with Gasteiger partial charge in [0.15, 0.2) is 0 Å². The fourth-order valence-electron chi connectivity index (χ4n) is 0.272. The molecule has 48 valence electrons. The van der Waals surface area contributed by atoms with Gasteiger partial charge in [-0.15, -0.1) is 0 Å². The van der Waals surface area contributed by atoms with Gasteiger partial charge in [0.05, 0.1) is 0 Å². The summed E-state index contributed by atoms with van der Waals surface area (Å²) in [5.41, 5.74) is 0. The quantitative estimate of drug-likeness (QED) is 0.591. The van der Waals surface area contributed by atoms with E-state index < -0.39 is 12.6 Å². The molecular formula is C4H9AlCl2O. The Morgan fingerprint density at radius 3 is 2.25 bits per heavy atom. The second-order valence-electron chi connectivity index (χ2n) is 1.62. The van der Waals surface area contributed by atoms with Crippen LogP contribution < -0.4 is 0 Å². The molecule has 0 aromatic carbocycles. The van der Waals surface area contributed by atoms with Gasteiger partial charge in [-0.1, -0.05) is 6.92 Å². The zero-order valence-corrected chi connectivity index (χ0v) is 7.69. The molecule has 0 amide bonds. The van der Waals surface area contributed by atoms with Crippen molar-refractivity contribution >= 4 is 32.7 Å². The Balaban J connectivity index is 3.10. The lowest BCUT2D eigenvalue weighted by Gasteiger charge is -2.08. The smallest absolute Gasteiger partial charge is 0.474 e. The first-order chi connectivity index (χ1) is 3.66. The highest BCUT2D eigenvalue weighted by molar-refractivity contribution is 7.30. The molecule has 1 nitrogen and oxygen atoms in total. The highest BCUT2D eigenvalue weighted by Crippen LogP contribution is 2.04. The minimum Gasteiger partial charge on any atom is -0.474 e. The summed E-state index contributed by atoms with van der Waals surface area (Å²) in [5, 5.41) is 0. The second-order valence-corrected chi connectivity index (χ2v) is 5.46. The predicted octanol–water partition coefficient (Wildman–Crippen LogP) is 2.26. The summed E-state index contributed by atoms with van der Waals surface area (Å²) in [6, 6.07) is 0. The summed E-state index contributed by atoms with van der Waals surface area (Å²) in [5.74, 6) is 0. The Hall–Kier alpha value is 1.07. The minimum atomic E-state index is -1.80. The lowest BCUT2D eigenvalue weighted by atomic mass is 10.3. The monoisotopic (exact) mass is 170 g/mol. The molecule has 0 bridgehead atoms. The van der Waals surface area contributed by atoms with E-state index in [4.69, 9.17) is 23.9 Å². The van der Waals surface area contributed by atoms with Crippen LogP contribution in [0.25, 0.3) is 0 Å². The maximum atomic E-state index is 5.43. The van der Waals surface area contributed by atoms with Crippen molar-refractivity contribution in [3.63, 3.8) is 0 Å². The Morgan fingerprint density at radius 2 is 2.12 bits per heavy atom. The molecule has 1 unspecified atom stereocenters. The molecule has 0 N–H and O–H groups in total. The molecule has 0 fully saturated rings. The third-order valence-electron chi connectivity index (χ3n) is 0.910. The lowest BCUT2D eigenvalue weighted by Crippen LogP contribution is -2.12. The standard InChI is InChI=1S/C4H9O.Al.2ClH/c1-3-4(2)5;;;/h4H,3H2,1-2H3;;2*1H/q-1;+3;;/p-2. The summed E-state index contributed by atoms with van der Waals surface area (Å²) in [6.45, 7) is 4.00. The molecule has 0 spiro atoms. The Kier molecular flexibility index (Phi) is 5.56. The zero-order valence-electron chi connectivity index (χ0n) is 5.03. The third-order valence-corrected chi connectivity index (χ3v) is 2.20. The lowest BCUT2D eigenvalue weighted by molar-refractivity contribution is 0.232. The molecule has 0 aliphatic carbocycles. The van der Waals surface area contributed by atoms with Crippen LogP contribution in [0.3, 0.4) is 0 Å². The first kappa shape index (κ1) is 9.07. The van der Waals surface area contributed by atoms with Gasteiger partial charge < -0.3 is 3.79 Å². The predicted molar refractivity (Wildman–Crippen MR) is 38.3 cm³/mol. The van der Waals surface area contributed by atoms with Crippen LogP contribution in [0.1, 0.15) is 20.3 Å². The highest BCUT2D eigenvalue weighted by atomic mass is 35.7. The fraction of sp³-hybridized carbons (Fsp3) is 1.00. The summed E-state index contributed by atoms with van der Waals surface area (Å²) in [4.78, 5) is 0. The van der Waals surface area contributed by atoms with E-state index in [0.29, 0.717) is 0 Å². The van der Waals surface area contributed by atoms with Crippen LogP contribution in [0, 0.1) is 0 Å². The third kappa shape index (κ3) is 5.21. The van der Waals surface area contributed by atoms with Crippen LogP contribution >= 0.6 is 20.1 Å². The van der Waals surface area contributed by atoms with Crippen molar-refractivity contribution < 1.29 is 3.79 Å². The Bertz CT molecular complexity index is 60.0. The molecule has 0 aliphatic rings. The van der Waals surface area contributed by atoms with Gasteiger partial charge in [-0.25, -0.2) is 0 Å². The van der Waals surface area contributed by atoms with Crippen LogP contribution in [0.2, 0.25) is 0 Å². The average Bonchev–Trinajstić information content (AvgIpc) is 1.65. The molecular weight excluding hydrogens is 162 g/mol. The van der Waals surface area contributed by atoms with Crippen molar-refractivity contribution in [2.75, 3.05) is 0 Å². The molecule has 0 rings (SSSR count). The van der Waals surface area contributed by atoms with E-state index in [1.165, 1.54) is 0 Å². The molecule has 0 radical (unpaired) electrons. The van der Waals surface area contributed by atoms with Gasteiger partial charge in [0, 0.05) is 6.10 Å². The van der Waals surface area contributed by atoms with Crippen LogP contribution in [0.15, 0.2) is 0 Å². The molecule has 0 aromatic rings. The van der Waals surface area contributed by atoms with Gasteiger partial charge in [0.1, 0.15) is 0 Å². The molecule has 0 aromatic heterocycles. The highest BCUT2D eigenvalue weighted by Gasteiger charge is 2.16. The first-order valence-electron chi connectivity index (χ1n) is 2.60. The van der Waals surface area contributed by atoms with Gasteiger partial charge >= 0.3 is 12.6 Å². The number of hydrogen-bond acceptors (Lipinski definition) is 1. The van der Waals surface area contributed by atoms with E-state index in [0.717, 1.165) is 6.42 Å². The van der Waals surface area contributed by atoms with Gasteiger partial charge in [-0.05, 0) is 13.3 Å². The van der Waals surface area contributed by atoms with Crippen LogP contribution in [-0.4, -0.2) is 18.7 Å². The van der Waals surface area contributed by atoms with E-state index in [-0.39, 0.29) is 6.10 Å². The van der Waals surface area contributed by atoms with Gasteiger partial charge in [-0.3, -0.25) is 0 Å². The van der Waals surface area contributed by atoms with Crippen molar-refractivity contribution in [3.05, 3.63) is 0 Å². The van der Waals surface area contributed by atoms with Crippen LogP contribution in [-0.2, 0) is 3.79 Å². The van der Waals surface area contributed by atoms with Crippen molar-refractivity contribution in [2.24, 2.45) is 0 Å². The van der Waals surface area contributed by atoms with Gasteiger partial charge in [0.25, 0.3) is 0 Å². The van der Waals surface area contributed by atoms with Crippen LogP contribution in [0.4, 0.5) is 0 Å². The SMILES string of the molecule is CCC(C)[O][Al]([Cl])[Cl]. The van der Waals surface area contributed by atoms with Crippen LogP contribution in [0.5, 0.6) is 0 Å². The molecule has 0 saturated heterocycles. The first-order valence-corrected chi connectivity index (χ1v) is 6.56. The summed E-state index contributed by atoms with van der Waals surface area (Å²) < 4.78 is 5.07. The van der Waals surface area contributed by atoms with Crippen molar-refractivity contribution in [2.45, 2.75) is 26.4 Å². The molecule has 4 heteroatoms. The van der Waals surface area contributed by atoms with E-state index in [1.807, 2.05) is 13.8 Å². The van der Waals surface area contributed by atoms with E-state index in [9.17, 15) is 0 Å². The normalized spacial score (nSPS) is 13.5. The molecule has 1 atom stereocenters. The second kappa shape index (κ2) is 4.91. The molecule has 0 aliphatic heterocycles. The summed E-state index contributed by atoms with van der Waals surface area (Å²) in [6.07, 6.45) is 1.20. The maximum absolute atomic E-state index is 5.43. The average molecular weight is 171 g/mol. The van der Waals surface area contributed by atoms with E-state index in [1.54, 1.807) is 0 Å².